The number of methoxy groups -OCH3 is 3. The fourth-order valence-corrected chi connectivity index (χ4v) is 4.45. The van der Waals surface area contributed by atoms with Crippen LogP contribution in [0.1, 0.15) is 11.3 Å². The van der Waals surface area contributed by atoms with Crippen molar-refractivity contribution in [1.29, 1.82) is 0 Å². The highest BCUT2D eigenvalue weighted by Gasteiger charge is 2.19. The molecule has 5 N–H and O–H groups in total. The van der Waals surface area contributed by atoms with Crippen molar-refractivity contribution in [2.24, 2.45) is 0 Å². The second-order valence-corrected chi connectivity index (χ2v) is 8.31. The van der Waals surface area contributed by atoms with E-state index < -0.39 is 0 Å². The Hall–Kier alpha value is -4.40. The van der Waals surface area contributed by atoms with Crippen molar-refractivity contribution in [1.82, 2.24) is 19.9 Å². The molecular formula is C26H28N6O3. The fourth-order valence-electron chi connectivity index (χ4n) is 4.45. The Kier molecular flexibility index (Phi) is 5.82. The van der Waals surface area contributed by atoms with Gasteiger partial charge >= 0.3 is 0 Å². The van der Waals surface area contributed by atoms with Gasteiger partial charge in [-0.1, -0.05) is 6.07 Å². The Morgan fingerprint density at radius 1 is 1.03 bits per heavy atom. The van der Waals surface area contributed by atoms with E-state index in [1.807, 2.05) is 31.3 Å². The van der Waals surface area contributed by atoms with Gasteiger partial charge in [0, 0.05) is 46.5 Å². The van der Waals surface area contributed by atoms with Crippen LogP contribution in [0.3, 0.4) is 0 Å². The van der Waals surface area contributed by atoms with Crippen LogP contribution in [-0.4, -0.2) is 47.8 Å². The second-order valence-electron chi connectivity index (χ2n) is 8.31. The third-order valence-electron chi connectivity index (χ3n) is 6.13. The lowest BCUT2D eigenvalue weighted by molar-refractivity contribution is 0.327. The molecule has 0 saturated heterocycles. The summed E-state index contributed by atoms with van der Waals surface area (Å²) in [5.74, 6) is 2.71. The summed E-state index contributed by atoms with van der Waals surface area (Å²) >= 11 is 0. The number of rotatable bonds is 8. The van der Waals surface area contributed by atoms with E-state index in [4.69, 9.17) is 19.9 Å². The molecule has 2 aromatic carbocycles. The topological polar surface area (TPSA) is 123 Å². The maximum Gasteiger partial charge on any atom is 0.224 e. The number of H-pyrrole nitrogens is 2. The van der Waals surface area contributed by atoms with Crippen molar-refractivity contribution in [2.75, 3.05) is 38.9 Å². The van der Waals surface area contributed by atoms with E-state index in [0.717, 1.165) is 50.6 Å². The Morgan fingerprint density at radius 3 is 2.60 bits per heavy atom. The number of aromatic nitrogens is 4. The number of nitrogens with two attached hydrogens (primary N) is 1. The van der Waals surface area contributed by atoms with E-state index in [2.05, 4.69) is 37.4 Å². The number of hydrogen-bond acceptors (Lipinski definition) is 7. The Bertz CT molecular complexity index is 1520. The molecule has 180 valence electrons. The summed E-state index contributed by atoms with van der Waals surface area (Å²) in [5.41, 5.74) is 12.3. The van der Waals surface area contributed by atoms with Gasteiger partial charge in [-0.15, -0.1) is 0 Å². The zero-order valence-corrected chi connectivity index (χ0v) is 20.2. The van der Waals surface area contributed by atoms with Gasteiger partial charge in [0.2, 0.25) is 11.7 Å². The smallest absolute Gasteiger partial charge is 0.224 e. The van der Waals surface area contributed by atoms with Crippen LogP contribution in [-0.2, 0) is 6.42 Å². The van der Waals surface area contributed by atoms with Gasteiger partial charge in [-0.25, -0.2) is 4.98 Å². The number of ether oxygens (including phenoxy) is 3. The number of aromatic amines is 2. The predicted molar refractivity (Wildman–Crippen MR) is 139 cm³/mol. The van der Waals surface area contributed by atoms with E-state index in [9.17, 15) is 0 Å². The summed E-state index contributed by atoms with van der Waals surface area (Å²) in [5, 5.41) is 5.41. The largest absolute Gasteiger partial charge is 0.493 e. The molecule has 9 nitrogen and oxygen atoms in total. The van der Waals surface area contributed by atoms with Crippen LogP contribution in [0.15, 0.2) is 42.7 Å². The zero-order chi connectivity index (χ0) is 24.5. The number of nitrogen functional groups attached to an aromatic ring is 1. The highest BCUT2D eigenvalue weighted by Crippen LogP contribution is 2.43. The molecule has 9 heteroatoms. The van der Waals surface area contributed by atoms with Gasteiger partial charge in [0.15, 0.2) is 11.5 Å². The summed E-state index contributed by atoms with van der Waals surface area (Å²) in [6, 6.07) is 10.2. The first-order valence-electron chi connectivity index (χ1n) is 11.3. The van der Waals surface area contributed by atoms with Gasteiger partial charge in [-0.2, -0.15) is 4.98 Å². The standard InChI is InChI=1S/C26H28N6O3/c1-14-9-17-10-15(5-6-20(17)31-14)19-13-30-26(32-25(19)27)28-8-7-16-12-29-22-18(16)11-21(33-2)23(34-3)24(22)35-4/h5-6,9-13,29,31H,7-8H2,1-4H3,(H3,27,28,30,32). The van der Waals surface area contributed by atoms with Crippen LogP contribution < -0.4 is 25.3 Å². The molecule has 0 fully saturated rings. The maximum atomic E-state index is 6.29. The molecule has 0 radical (unpaired) electrons. The van der Waals surface area contributed by atoms with Crippen LogP contribution in [0.4, 0.5) is 11.8 Å². The first-order chi connectivity index (χ1) is 17.0. The molecule has 0 spiro atoms. The number of aryl methyl sites for hydroxylation is 1. The molecule has 0 amide bonds. The van der Waals surface area contributed by atoms with E-state index >= 15 is 0 Å². The lowest BCUT2D eigenvalue weighted by atomic mass is 10.1. The van der Waals surface area contributed by atoms with Crippen molar-refractivity contribution in [3.05, 3.63) is 54.0 Å². The van der Waals surface area contributed by atoms with Gasteiger partial charge in [0.1, 0.15) is 5.82 Å². The zero-order valence-electron chi connectivity index (χ0n) is 20.2. The number of benzene rings is 2. The average Bonchev–Trinajstić information content (AvgIpc) is 3.44. The number of hydrogen-bond donors (Lipinski definition) is 4. The summed E-state index contributed by atoms with van der Waals surface area (Å²) in [6.07, 6.45) is 4.46. The van der Waals surface area contributed by atoms with Crippen LogP contribution >= 0.6 is 0 Å². The second kappa shape index (κ2) is 9.09. The molecule has 0 bridgehead atoms. The van der Waals surface area contributed by atoms with Gasteiger partial charge in [-0.05, 0) is 48.7 Å². The molecule has 35 heavy (non-hydrogen) atoms. The first-order valence-corrected chi connectivity index (χ1v) is 11.3. The molecule has 3 heterocycles. The minimum absolute atomic E-state index is 0.433. The Labute approximate surface area is 202 Å². The SMILES string of the molecule is COc1cc2c(CCNc3ncc(-c4ccc5[nH]c(C)cc5c4)c(N)n3)c[nH]c2c(OC)c1OC. The molecular weight excluding hydrogens is 444 g/mol. The molecule has 0 aliphatic carbocycles. The lowest BCUT2D eigenvalue weighted by Crippen LogP contribution is -2.09. The number of anilines is 2. The average molecular weight is 473 g/mol. The predicted octanol–water partition coefficient (Wildman–Crippen LogP) is 4.68. The quantitative estimate of drug-likeness (QED) is 0.259. The minimum atomic E-state index is 0.433. The van der Waals surface area contributed by atoms with Crippen molar-refractivity contribution < 1.29 is 14.2 Å². The highest BCUT2D eigenvalue weighted by atomic mass is 16.5. The van der Waals surface area contributed by atoms with E-state index in [1.165, 1.54) is 0 Å². The van der Waals surface area contributed by atoms with Gasteiger partial charge < -0.3 is 35.2 Å². The van der Waals surface area contributed by atoms with Crippen molar-refractivity contribution >= 4 is 33.6 Å². The van der Waals surface area contributed by atoms with Gasteiger partial charge in [-0.3, -0.25) is 0 Å². The lowest BCUT2D eigenvalue weighted by Gasteiger charge is -2.13. The van der Waals surface area contributed by atoms with Crippen LogP contribution in [0, 0.1) is 6.92 Å². The number of fused-ring (bicyclic) bond motifs is 2. The molecule has 0 aliphatic rings. The summed E-state index contributed by atoms with van der Waals surface area (Å²) in [7, 11) is 4.82. The van der Waals surface area contributed by atoms with E-state index in [-0.39, 0.29) is 0 Å². The molecule has 0 atom stereocenters. The minimum Gasteiger partial charge on any atom is -0.493 e. The summed E-state index contributed by atoms with van der Waals surface area (Å²) in [6.45, 7) is 2.66. The van der Waals surface area contributed by atoms with Crippen molar-refractivity contribution in [3.63, 3.8) is 0 Å². The van der Waals surface area contributed by atoms with Gasteiger partial charge in [0.25, 0.3) is 0 Å². The van der Waals surface area contributed by atoms with Crippen LogP contribution in [0.5, 0.6) is 17.2 Å². The van der Waals surface area contributed by atoms with Gasteiger partial charge in [0.05, 0.1) is 26.8 Å². The molecule has 5 aromatic rings. The molecule has 0 unspecified atom stereocenters. The highest BCUT2D eigenvalue weighted by molar-refractivity contribution is 5.93. The monoisotopic (exact) mass is 472 g/mol. The van der Waals surface area contributed by atoms with E-state index in [0.29, 0.717) is 35.6 Å². The van der Waals surface area contributed by atoms with Crippen molar-refractivity contribution in [3.8, 4) is 28.4 Å². The molecule has 5 rings (SSSR count). The van der Waals surface area contributed by atoms with Crippen molar-refractivity contribution in [2.45, 2.75) is 13.3 Å². The Morgan fingerprint density at radius 2 is 1.86 bits per heavy atom. The van der Waals surface area contributed by atoms with Crippen LogP contribution in [0.2, 0.25) is 0 Å². The number of nitrogens with zero attached hydrogens (tertiary/aromatic N) is 2. The first kappa shape index (κ1) is 22.4. The molecule has 0 aliphatic heterocycles. The number of nitrogens with one attached hydrogen (secondary N) is 3. The fraction of sp³-hybridized carbons (Fsp3) is 0.231. The normalized spacial score (nSPS) is 11.2. The maximum absolute atomic E-state index is 6.29. The van der Waals surface area contributed by atoms with Crippen LogP contribution in [0.25, 0.3) is 32.9 Å². The third-order valence-corrected chi connectivity index (χ3v) is 6.13. The summed E-state index contributed by atoms with van der Waals surface area (Å²) in [4.78, 5) is 15.6. The third kappa shape index (κ3) is 4.05. The molecule has 0 saturated carbocycles. The van der Waals surface area contributed by atoms with E-state index in [1.54, 1.807) is 27.5 Å². The Balaban J connectivity index is 1.32. The molecule has 3 aromatic heterocycles. The summed E-state index contributed by atoms with van der Waals surface area (Å²) < 4.78 is 16.6.